The van der Waals surface area contributed by atoms with E-state index in [0.717, 1.165) is 61.9 Å². The molecule has 3 rings (SSSR count). The van der Waals surface area contributed by atoms with Gasteiger partial charge in [-0.25, -0.2) is 9.97 Å². The Kier molecular flexibility index (Phi) is 2.72. The molecule has 17 heavy (non-hydrogen) atoms. The van der Waals surface area contributed by atoms with Crippen molar-refractivity contribution in [1.82, 2.24) is 15.3 Å². The quantitative estimate of drug-likeness (QED) is 0.725. The molecular weight excluding hydrogens is 216 g/mol. The van der Waals surface area contributed by atoms with Crippen molar-refractivity contribution in [3.05, 3.63) is 17.1 Å². The van der Waals surface area contributed by atoms with Crippen molar-refractivity contribution in [2.45, 2.75) is 25.9 Å². The van der Waals surface area contributed by atoms with Gasteiger partial charge in [-0.15, -0.1) is 0 Å². The number of aryl methyl sites for hydroxylation is 1. The highest BCUT2D eigenvalue weighted by atomic mass is 16.3. The van der Waals surface area contributed by atoms with Crippen molar-refractivity contribution in [2.75, 3.05) is 31.1 Å². The highest BCUT2D eigenvalue weighted by Crippen LogP contribution is 2.34. The van der Waals surface area contributed by atoms with Crippen LogP contribution < -0.4 is 10.2 Å². The normalized spacial score (nSPS) is 23.9. The second-order valence-electron chi connectivity index (χ2n) is 4.75. The Morgan fingerprint density at radius 1 is 1.29 bits per heavy atom. The minimum absolute atomic E-state index is 0.395. The first-order valence-corrected chi connectivity index (χ1v) is 6.27. The molecule has 0 saturated carbocycles. The summed E-state index contributed by atoms with van der Waals surface area (Å²) in [7, 11) is 0. The highest BCUT2D eigenvalue weighted by Gasteiger charge is 2.28. The summed E-state index contributed by atoms with van der Waals surface area (Å²) >= 11 is 0. The van der Waals surface area contributed by atoms with Gasteiger partial charge in [-0.3, -0.25) is 0 Å². The zero-order chi connectivity index (χ0) is 11.8. The number of fused-ring (bicyclic) bond motifs is 1. The number of rotatable bonds is 1. The Balaban J connectivity index is 2.01. The number of hydrogen-bond acceptors (Lipinski definition) is 5. The molecule has 5 heteroatoms. The minimum atomic E-state index is -0.395. The fourth-order valence-electron chi connectivity index (χ4n) is 2.67. The summed E-state index contributed by atoms with van der Waals surface area (Å²) in [6, 6.07) is 0. The topological polar surface area (TPSA) is 61.3 Å². The molecule has 0 bridgehead atoms. The molecule has 2 aliphatic rings. The van der Waals surface area contributed by atoms with E-state index in [1.807, 2.05) is 6.92 Å². The number of anilines is 1. The van der Waals surface area contributed by atoms with Crippen LogP contribution in [0, 0.1) is 6.92 Å². The van der Waals surface area contributed by atoms with E-state index in [0.29, 0.717) is 0 Å². The van der Waals surface area contributed by atoms with E-state index in [9.17, 15) is 5.11 Å². The van der Waals surface area contributed by atoms with Crippen molar-refractivity contribution >= 4 is 5.82 Å². The lowest BCUT2D eigenvalue weighted by atomic mass is 10.2. The number of aromatic nitrogens is 2. The van der Waals surface area contributed by atoms with Crippen LogP contribution in [0.1, 0.15) is 29.6 Å². The minimum Gasteiger partial charge on any atom is -0.387 e. The Morgan fingerprint density at radius 3 is 2.82 bits per heavy atom. The van der Waals surface area contributed by atoms with Gasteiger partial charge >= 0.3 is 0 Å². The first-order valence-electron chi connectivity index (χ1n) is 6.27. The maximum Gasteiger partial charge on any atom is 0.135 e. The molecule has 0 amide bonds. The number of aliphatic hydroxyl groups excluding tert-OH is 1. The van der Waals surface area contributed by atoms with E-state index >= 15 is 0 Å². The van der Waals surface area contributed by atoms with Gasteiger partial charge in [-0.1, -0.05) is 0 Å². The lowest BCUT2D eigenvalue weighted by molar-refractivity contribution is 0.175. The van der Waals surface area contributed by atoms with Gasteiger partial charge in [0.25, 0.3) is 0 Å². The number of piperazine rings is 1. The average Bonchev–Trinajstić information content (AvgIpc) is 2.72. The Hall–Kier alpha value is -1.20. The lowest BCUT2D eigenvalue weighted by Crippen LogP contribution is -2.44. The van der Waals surface area contributed by atoms with Crippen LogP contribution in [-0.4, -0.2) is 41.3 Å². The third kappa shape index (κ3) is 1.89. The van der Waals surface area contributed by atoms with Gasteiger partial charge in [0.1, 0.15) is 11.6 Å². The fourth-order valence-corrected chi connectivity index (χ4v) is 2.67. The lowest BCUT2D eigenvalue weighted by Gasteiger charge is -2.30. The molecule has 5 nitrogen and oxygen atoms in total. The number of hydrogen-bond donors (Lipinski definition) is 2. The molecule has 92 valence electrons. The molecule has 2 heterocycles. The molecule has 2 N–H and O–H groups in total. The molecule has 1 atom stereocenters. The van der Waals surface area contributed by atoms with Crippen molar-refractivity contribution in [3.63, 3.8) is 0 Å². The van der Waals surface area contributed by atoms with E-state index in [4.69, 9.17) is 0 Å². The largest absolute Gasteiger partial charge is 0.387 e. The zero-order valence-electron chi connectivity index (χ0n) is 10.1. The standard InChI is InChI=1S/C12H18N4O/c1-8-14-11-9(2-3-10(11)17)12(15-8)16-6-4-13-5-7-16/h10,13,17H,2-7H2,1H3. The summed E-state index contributed by atoms with van der Waals surface area (Å²) in [4.78, 5) is 11.3. The monoisotopic (exact) mass is 234 g/mol. The predicted molar refractivity (Wildman–Crippen MR) is 65.1 cm³/mol. The van der Waals surface area contributed by atoms with Gasteiger partial charge in [-0.05, 0) is 19.8 Å². The van der Waals surface area contributed by atoms with Crippen molar-refractivity contribution in [2.24, 2.45) is 0 Å². The number of aliphatic hydroxyl groups is 1. The zero-order valence-corrected chi connectivity index (χ0v) is 10.1. The van der Waals surface area contributed by atoms with Crippen LogP contribution in [0.25, 0.3) is 0 Å². The van der Waals surface area contributed by atoms with Gasteiger partial charge in [-0.2, -0.15) is 0 Å². The molecule has 1 fully saturated rings. The number of nitrogens with zero attached hydrogens (tertiary/aromatic N) is 3. The maximum absolute atomic E-state index is 9.91. The highest BCUT2D eigenvalue weighted by molar-refractivity contribution is 5.52. The Labute approximate surface area is 101 Å². The second kappa shape index (κ2) is 4.23. The first kappa shape index (κ1) is 10.9. The van der Waals surface area contributed by atoms with Crippen LogP contribution >= 0.6 is 0 Å². The van der Waals surface area contributed by atoms with Crippen LogP contribution in [0.3, 0.4) is 0 Å². The summed E-state index contributed by atoms with van der Waals surface area (Å²) in [6.45, 7) is 5.87. The van der Waals surface area contributed by atoms with Gasteiger partial charge in [0.2, 0.25) is 0 Å². The van der Waals surface area contributed by atoms with Crippen LogP contribution in [-0.2, 0) is 6.42 Å². The van der Waals surface area contributed by atoms with Crippen LogP contribution in [0.2, 0.25) is 0 Å². The molecule has 0 aromatic carbocycles. The number of nitrogens with one attached hydrogen (secondary N) is 1. The fraction of sp³-hybridized carbons (Fsp3) is 0.667. The SMILES string of the molecule is Cc1nc2c(c(N3CCNCC3)n1)CCC2O. The molecule has 1 aromatic heterocycles. The average molecular weight is 234 g/mol. The molecule has 1 saturated heterocycles. The van der Waals surface area contributed by atoms with Gasteiger partial charge in [0.15, 0.2) is 0 Å². The Morgan fingerprint density at radius 2 is 2.06 bits per heavy atom. The first-order chi connectivity index (χ1) is 8.25. The summed E-state index contributed by atoms with van der Waals surface area (Å²) in [5.41, 5.74) is 2.01. The summed E-state index contributed by atoms with van der Waals surface area (Å²) in [6.07, 6.45) is 1.29. The van der Waals surface area contributed by atoms with Gasteiger partial charge in [0, 0.05) is 31.7 Å². The van der Waals surface area contributed by atoms with E-state index in [1.54, 1.807) is 0 Å². The molecule has 1 aliphatic heterocycles. The van der Waals surface area contributed by atoms with Crippen LogP contribution in [0.5, 0.6) is 0 Å². The van der Waals surface area contributed by atoms with Gasteiger partial charge < -0.3 is 15.3 Å². The van der Waals surface area contributed by atoms with E-state index in [2.05, 4.69) is 20.2 Å². The second-order valence-corrected chi connectivity index (χ2v) is 4.75. The van der Waals surface area contributed by atoms with E-state index in [-0.39, 0.29) is 0 Å². The summed E-state index contributed by atoms with van der Waals surface area (Å²) in [5, 5.41) is 13.2. The van der Waals surface area contributed by atoms with E-state index in [1.165, 1.54) is 0 Å². The van der Waals surface area contributed by atoms with Crippen molar-refractivity contribution < 1.29 is 5.11 Å². The molecule has 1 unspecified atom stereocenters. The molecular formula is C12H18N4O. The van der Waals surface area contributed by atoms with Crippen LogP contribution in [0.4, 0.5) is 5.82 Å². The third-order valence-corrected chi connectivity index (χ3v) is 3.53. The van der Waals surface area contributed by atoms with Crippen molar-refractivity contribution in [3.8, 4) is 0 Å². The van der Waals surface area contributed by atoms with Crippen molar-refractivity contribution in [1.29, 1.82) is 0 Å². The molecule has 1 aliphatic carbocycles. The van der Waals surface area contributed by atoms with E-state index < -0.39 is 6.10 Å². The molecule has 0 radical (unpaired) electrons. The Bertz CT molecular complexity index is 429. The third-order valence-electron chi connectivity index (χ3n) is 3.53. The summed E-state index contributed by atoms with van der Waals surface area (Å²) < 4.78 is 0. The van der Waals surface area contributed by atoms with Crippen LogP contribution in [0.15, 0.2) is 0 Å². The molecule has 1 aromatic rings. The summed E-state index contributed by atoms with van der Waals surface area (Å²) in [5.74, 6) is 1.81. The predicted octanol–water partition coefficient (Wildman–Crippen LogP) is 0.174. The maximum atomic E-state index is 9.91. The smallest absolute Gasteiger partial charge is 0.135 e. The molecule has 0 spiro atoms. The van der Waals surface area contributed by atoms with Gasteiger partial charge in [0.05, 0.1) is 11.8 Å².